The molecule has 2 aromatic carbocycles. The van der Waals surface area contributed by atoms with Gasteiger partial charge in [0.25, 0.3) is 0 Å². The van der Waals surface area contributed by atoms with Crippen LogP contribution in [0.5, 0.6) is 0 Å². The summed E-state index contributed by atoms with van der Waals surface area (Å²) < 4.78 is 0. The Kier molecular flexibility index (Phi) is 6.69. The van der Waals surface area contributed by atoms with Crippen molar-refractivity contribution in [3.8, 4) is 0 Å². The third-order valence-electron chi connectivity index (χ3n) is 3.46. The maximum absolute atomic E-state index is 3.44. The predicted molar refractivity (Wildman–Crippen MR) is 89.4 cm³/mol. The molecule has 0 aliphatic heterocycles. The number of benzene rings is 2. The van der Waals surface area contributed by atoms with E-state index >= 15 is 0 Å². The van der Waals surface area contributed by atoms with Crippen LogP contribution in [-0.2, 0) is 6.42 Å². The fraction of sp³-hybridized carbons (Fsp3) is 0.333. The minimum absolute atomic E-state index is 0.587. The molecule has 2 heteroatoms. The zero-order valence-corrected chi connectivity index (χ0v) is 12.9. The molecule has 0 aliphatic rings. The van der Waals surface area contributed by atoms with Crippen molar-refractivity contribution < 1.29 is 0 Å². The SMILES string of the molecule is CNC(CCCc1ccccc1)CSc1ccccc1. The van der Waals surface area contributed by atoms with Gasteiger partial charge in [-0.15, -0.1) is 11.8 Å². The van der Waals surface area contributed by atoms with E-state index in [1.54, 1.807) is 0 Å². The van der Waals surface area contributed by atoms with Crippen molar-refractivity contribution in [1.82, 2.24) is 5.32 Å². The Bertz CT molecular complexity index is 469. The Balaban J connectivity index is 1.70. The lowest BCUT2D eigenvalue weighted by atomic mass is 10.1. The molecule has 0 aliphatic carbocycles. The minimum atomic E-state index is 0.587. The second-order valence-electron chi connectivity index (χ2n) is 4.99. The third-order valence-corrected chi connectivity index (χ3v) is 4.64. The van der Waals surface area contributed by atoms with Crippen LogP contribution >= 0.6 is 11.8 Å². The Labute approximate surface area is 126 Å². The molecule has 0 radical (unpaired) electrons. The lowest BCUT2D eigenvalue weighted by Gasteiger charge is -2.15. The first-order chi connectivity index (χ1) is 9.88. The molecule has 0 aromatic heterocycles. The highest BCUT2D eigenvalue weighted by Crippen LogP contribution is 2.19. The molecular weight excluding hydrogens is 262 g/mol. The van der Waals surface area contributed by atoms with Gasteiger partial charge in [-0.1, -0.05) is 48.5 Å². The van der Waals surface area contributed by atoms with Gasteiger partial charge >= 0.3 is 0 Å². The molecule has 2 aromatic rings. The molecule has 0 bridgehead atoms. The topological polar surface area (TPSA) is 12.0 Å². The first-order valence-corrected chi connectivity index (χ1v) is 8.26. The van der Waals surface area contributed by atoms with Crippen LogP contribution < -0.4 is 5.32 Å². The molecule has 106 valence electrons. The van der Waals surface area contributed by atoms with Crippen molar-refractivity contribution in [2.45, 2.75) is 30.2 Å². The van der Waals surface area contributed by atoms with Gasteiger partial charge < -0.3 is 5.32 Å². The summed E-state index contributed by atoms with van der Waals surface area (Å²) in [6, 6.07) is 22.0. The van der Waals surface area contributed by atoms with Crippen LogP contribution in [-0.4, -0.2) is 18.8 Å². The summed E-state index contributed by atoms with van der Waals surface area (Å²) in [7, 11) is 2.07. The summed E-state index contributed by atoms with van der Waals surface area (Å²) in [6.45, 7) is 0. The van der Waals surface area contributed by atoms with Crippen LogP contribution in [0.3, 0.4) is 0 Å². The lowest BCUT2D eigenvalue weighted by Crippen LogP contribution is -2.27. The molecule has 1 unspecified atom stereocenters. The van der Waals surface area contributed by atoms with Crippen molar-refractivity contribution >= 4 is 11.8 Å². The van der Waals surface area contributed by atoms with E-state index in [0.717, 1.165) is 5.75 Å². The molecule has 1 nitrogen and oxygen atoms in total. The zero-order valence-electron chi connectivity index (χ0n) is 12.1. The number of thioether (sulfide) groups is 1. The van der Waals surface area contributed by atoms with Gasteiger partial charge in [-0.2, -0.15) is 0 Å². The summed E-state index contributed by atoms with van der Waals surface area (Å²) >= 11 is 1.94. The number of nitrogens with one attached hydrogen (secondary N) is 1. The van der Waals surface area contributed by atoms with Crippen molar-refractivity contribution in [2.24, 2.45) is 0 Å². The van der Waals surface area contributed by atoms with Gasteiger partial charge in [-0.05, 0) is 44.0 Å². The highest BCUT2D eigenvalue weighted by atomic mass is 32.2. The molecule has 20 heavy (non-hydrogen) atoms. The second-order valence-corrected chi connectivity index (χ2v) is 6.08. The summed E-state index contributed by atoms with van der Waals surface area (Å²) in [5.41, 5.74) is 1.44. The average Bonchev–Trinajstić information content (AvgIpc) is 2.52. The molecule has 0 saturated carbocycles. The molecule has 0 saturated heterocycles. The van der Waals surface area contributed by atoms with Gasteiger partial charge in [0.05, 0.1) is 0 Å². The van der Waals surface area contributed by atoms with Gasteiger partial charge in [-0.25, -0.2) is 0 Å². The molecule has 0 fully saturated rings. The summed E-state index contributed by atoms with van der Waals surface area (Å²) in [5.74, 6) is 1.13. The molecule has 0 spiro atoms. The Morgan fingerprint density at radius 2 is 1.60 bits per heavy atom. The second kappa shape index (κ2) is 8.83. The maximum Gasteiger partial charge on any atom is 0.0158 e. The van der Waals surface area contributed by atoms with E-state index in [-0.39, 0.29) is 0 Å². The van der Waals surface area contributed by atoms with Gasteiger partial charge in [0.15, 0.2) is 0 Å². The molecule has 0 amide bonds. The van der Waals surface area contributed by atoms with Crippen LogP contribution in [0.2, 0.25) is 0 Å². The Hall–Kier alpha value is -1.25. The van der Waals surface area contributed by atoms with Crippen molar-refractivity contribution in [1.29, 1.82) is 0 Å². The average molecular weight is 285 g/mol. The van der Waals surface area contributed by atoms with Crippen LogP contribution in [0.4, 0.5) is 0 Å². The van der Waals surface area contributed by atoms with Gasteiger partial charge in [-0.3, -0.25) is 0 Å². The fourth-order valence-electron chi connectivity index (χ4n) is 2.22. The Morgan fingerprint density at radius 1 is 0.950 bits per heavy atom. The molecule has 0 heterocycles. The van der Waals surface area contributed by atoms with Crippen molar-refractivity contribution in [3.63, 3.8) is 0 Å². The van der Waals surface area contributed by atoms with E-state index in [2.05, 4.69) is 73.0 Å². The standard InChI is InChI=1S/C18H23NS/c1-19-17(15-20-18-13-6-3-7-14-18)12-8-11-16-9-4-2-5-10-16/h2-7,9-10,13-14,17,19H,8,11-12,15H2,1H3. The van der Waals surface area contributed by atoms with Crippen LogP contribution in [0, 0.1) is 0 Å². The third kappa shape index (κ3) is 5.40. The zero-order chi connectivity index (χ0) is 14.0. The highest BCUT2D eigenvalue weighted by molar-refractivity contribution is 7.99. The highest BCUT2D eigenvalue weighted by Gasteiger charge is 2.06. The van der Waals surface area contributed by atoms with Crippen molar-refractivity contribution in [3.05, 3.63) is 66.2 Å². The molecular formula is C18H23NS. The lowest BCUT2D eigenvalue weighted by molar-refractivity contribution is 0.549. The molecule has 1 atom stereocenters. The van der Waals surface area contributed by atoms with E-state index in [0.29, 0.717) is 6.04 Å². The number of rotatable bonds is 8. The van der Waals surface area contributed by atoms with Gasteiger partial charge in [0.2, 0.25) is 0 Å². The van der Waals surface area contributed by atoms with Crippen LogP contribution in [0.15, 0.2) is 65.6 Å². The minimum Gasteiger partial charge on any atom is -0.316 e. The predicted octanol–water partition coefficient (Wildman–Crippen LogP) is 4.39. The number of hydrogen-bond acceptors (Lipinski definition) is 2. The van der Waals surface area contributed by atoms with Crippen molar-refractivity contribution in [2.75, 3.05) is 12.8 Å². The smallest absolute Gasteiger partial charge is 0.0158 e. The van der Waals surface area contributed by atoms with Gasteiger partial charge in [0.1, 0.15) is 0 Å². The first-order valence-electron chi connectivity index (χ1n) is 7.27. The van der Waals surface area contributed by atoms with Crippen LogP contribution in [0.25, 0.3) is 0 Å². The quantitative estimate of drug-likeness (QED) is 0.722. The van der Waals surface area contributed by atoms with E-state index in [4.69, 9.17) is 0 Å². The maximum atomic E-state index is 3.44. The van der Waals surface area contributed by atoms with E-state index in [9.17, 15) is 0 Å². The largest absolute Gasteiger partial charge is 0.316 e. The number of aryl methyl sites for hydroxylation is 1. The number of hydrogen-bond donors (Lipinski definition) is 1. The summed E-state index contributed by atoms with van der Waals surface area (Å²) in [5, 5.41) is 3.44. The van der Waals surface area contributed by atoms with Gasteiger partial charge in [0, 0.05) is 16.7 Å². The fourth-order valence-corrected chi connectivity index (χ4v) is 3.30. The normalized spacial score (nSPS) is 12.2. The van der Waals surface area contributed by atoms with E-state index in [1.807, 2.05) is 11.8 Å². The monoisotopic (exact) mass is 285 g/mol. The van der Waals surface area contributed by atoms with Crippen LogP contribution in [0.1, 0.15) is 18.4 Å². The molecule has 1 N–H and O–H groups in total. The molecule has 2 rings (SSSR count). The van der Waals surface area contributed by atoms with E-state index < -0.39 is 0 Å². The summed E-state index contributed by atoms with van der Waals surface area (Å²) in [4.78, 5) is 1.36. The van der Waals surface area contributed by atoms with E-state index in [1.165, 1.54) is 29.7 Å². The Morgan fingerprint density at radius 3 is 2.25 bits per heavy atom. The first kappa shape index (κ1) is 15.1. The summed E-state index contributed by atoms with van der Waals surface area (Å²) in [6.07, 6.45) is 3.64.